The Bertz CT molecular complexity index is 727. The van der Waals surface area contributed by atoms with E-state index in [0.717, 1.165) is 32.1 Å². The Labute approximate surface area is 149 Å². The van der Waals surface area contributed by atoms with Crippen molar-refractivity contribution >= 4 is 21.6 Å². The van der Waals surface area contributed by atoms with Crippen molar-refractivity contribution in [2.75, 3.05) is 11.9 Å². The molecule has 1 aromatic carbocycles. The number of sulfonamides is 1. The molecule has 0 saturated heterocycles. The minimum absolute atomic E-state index is 0.0572. The van der Waals surface area contributed by atoms with E-state index in [-0.39, 0.29) is 11.3 Å². The Morgan fingerprint density at radius 1 is 1.08 bits per heavy atom. The number of hydrogen-bond donors (Lipinski definition) is 3. The summed E-state index contributed by atoms with van der Waals surface area (Å²) in [6.07, 6.45) is 9.34. The Kier molecular flexibility index (Phi) is 6.61. The molecule has 0 saturated carbocycles. The molecule has 1 aliphatic heterocycles. The van der Waals surface area contributed by atoms with Crippen LogP contribution in [0.3, 0.4) is 0 Å². The van der Waals surface area contributed by atoms with Crippen LogP contribution in [0.5, 0.6) is 0 Å². The molecule has 1 unspecified atom stereocenters. The molecule has 7 heteroatoms. The summed E-state index contributed by atoms with van der Waals surface area (Å²) in [7, 11) is -3.99. The molecule has 1 aliphatic rings. The summed E-state index contributed by atoms with van der Waals surface area (Å²) in [5.41, 5.74) is 5.23. The lowest BCUT2D eigenvalue weighted by atomic mass is 9.98. The lowest BCUT2D eigenvalue weighted by Crippen LogP contribution is -2.52. The van der Waals surface area contributed by atoms with Gasteiger partial charge in [-0.25, -0.2) is 13.1 Å². The third-order valence-electron chi connectivity index (χ3n) is 4.24. The summed E-state index contributed by atoms with van der Waals surface area (Å²) in [6, 6.07) is 6.58. The number of carbonyl (C=O) groups is 1. The fourth-order valence-electron chi connectivity index (χ4n) is 2.64. The van der Waals surface area contributed by atoms with Crippen molar-refractivity contribution in [3.63, 3.8) is 0 Å². The van der Waals surface area contributed by atoms with Gasteiger partial charge in [-0.3, -0.25) is 4.79 Å². The van der Waals surface area contributed by atoms with Crippen molar-refractivity contribution in [1.29, 1.82) is 0 Å². The lowest BCUT2D eigenvalue weighted by molar-refractivity contribution is -0.123. The van der Waals surface area contributed by atoms with Crippen LogP contribution < -0.4 is 15.8 Å². The van der Waals surface area contributed by atoms with Crippen LogP contribution in [0.25, 0.3) is 0 Å². The molecule has 0 spiro atoms. The molecule has 0 aromatic heterocycles. The van der Waals surface area contributed by atoms with Crippen LogP contribution in [0.2, 0.25) is 0 Å². The number of anilines is 1. The van der Waals surface area contributed by atoms with Gasteiger partial charge in [0.1, 0.15) is 4.90 Å². The van der Waals surface area contributed by atoms with E-state index in [9.17, 15) is 13.2 Å². The van der Waals surface area contributed by atoms with Crippen LogP contribution in [0, 0.1) is 0 Å². The van der Waals surface area contributed by atoms with E-state index >= 15 is 0 Å². The Morgan fingerprint density at radius 2 is 1.80 bits per heavy atom. The van der Waals surface area contributed by atoms with Crippen LogP contribution in [0.15, 0.2) is 41.3 Å². The second kappa shape index (κ2) is 8.49. The van der Waals surface area contributed by atoms with E-state index in [0.29, 0.717) is 12.2 Å². The fourth-order valence-corrected chi connectivity index (χ4v) is 3.92. The third kappa shape index (κ3) is 5.57. The van der Waals surface area contributed by atoms with Crippen molar-refractivity contribution < 1.29 is 13.2 Å². The SMILES string of the molecule is CC1(N)C/C=C\CCCCCCNc2ccccc2S(=O)(=O)NC1=O. The van der Waals surface area contributed by atoms with Crippen molar-refractivity contribution in [3.8, 4) is 0 Å². The van der Waals surface area contributed by atoms with Gasteiger partial charge in [0.05, 0.1) is 11.2 Å². The molecular weight excluding hydrogens is 338 g/mol. The predicted octanol–water partition coefficient (Wildman–Crippen LogP) is 2.53. The highest BCUT2D eigenvalue weighted by atomic mass is 32.2. The number of carbonyl (C=O) groups excluding carboxylic acids is 1. The first-order chi connectivity index (χ1) is 11.8. The number of nitrogens with one attached hydrogen (secondary N) is 2. The highest BCUT2D eigenvalue weighted by Crippen LogP contribution is 2.22. The molecule has 0 radical (unpaired) electrons. The second-order valence-electron chi connectivity index (χ2n) is 6.65. The maximum absolute atomic E-state index is 12.6. The summed E-state index contributed by atoms with van der Waals surface area (Å²) < 4.78 is 27.4. The molecule has 138 valence electrons. The number of hydrogen-bond acceptors (Lipinski definition) is 5. The van der Waals surface area contributed by atoms with Gasteiger partial charge in [0.25, 0.3) is 15.9 Å². The Hall–Kier alpha value is -1.86. The van der Waals surface area contributed by atoms with Gasteiger partial charge in [-0.15, -0.1) is 0 Å². The largest absolute Gasteiger partial charge is 0.384 e. The molecule has 0 aliphatic carbocycles. The topological polar surface area (TPSA) is 101 Å². The zero-order valence-electron chi connectivity index (χ0n) is 14.6. The van der Waals surface area contributed by atoms with Crippen LogP contribution in [0.1, 0.15) is 45.4 Å². The third-order valence-corrected chi connectivity index (χ3v) is 5.63. The van der Waals surface area contributed by atoms with Gasteiger partial charge in [-0.1, -0.05) is 37.1 Å². The average Bonchev–Trinajstić information content (AvgIpc) is 2.55. The van der Waals surface area contributed by atoms with E-state index in [1.165, 1.54) is 13.0 Å². The molecule has 4 N–H and O–H groups in total. The quantitative estimate of drug-likeness (QED) is 0.613. The van der Waals surface area contributed by atoms with E-state index in [4.69, 9.17) is 5.73 Å². The van der Waals surface area contributed by atoms with Crippen molar-refractivity contribution in [1.82, 2.24) is 4.72 Å². The summed E-state index contributed by atoms with van der Waals surface area (Å²) in [4.78, 5) is 12.4. The first-order valence-electron chi connectivity index (χ1n) is 8.67. The van der Waals surface area contributed by atoms with Gasteiger partial charge >= 0.3 is 0 Å². The number of rotatable bonds is 0. The summed E-state index contributed by atoms with van der Waals surface area (Å²) in [6.45, 7) is 2.22. The molecule has 6 nitrogen and oxygen atoms in total. The van der Waals surface area contributed by atoms with E-state index in [1.807, 2.05) is 12.2 Å². The summed E-state index contributed by atoms with van der Waals surface area (Å²) >= 11 is 0. The Balaban J connectivity index is 2.29. The predicted molar refractivity (Wildman–Crippen MR) is 99.7 cm³/mol. The molecule has 1 amide bonds. The van der Waals surface area contributed by atoms with Crippen LogP contribution in [-0.4, -0.2) is 26.4 Å². The molecule has 1 aromatic rings. The number of para-hydroxylation sites is 1. The van der Waals surface area contributed by atoms with Gasteiger partial charge in [0.2, 0.25) is 0 Å². The molecule has 25 heavy (non-hydrogen) atoms. The maximum Gasteiger partial charge on any atom is 0.266 e. The first-order valence-corrected chi connectivity index (χ1v) is 10.2. The summed E-state index contributed by atoms with van der Waals surface area (Å²) in [5, 5.41) is 3.16. The number of benzene rings is 1. The number of amides is 1. The second-order valence-corrected chi connectivity index (χ2v) is 8.30. The smallest absolute Gasteiger partial charge is 0.266 e. The van der Waals surface area contributed by atoms with Gasteiger partial charge in [-0.05, 0) is 44.7 Å². The highest BCUT2D eigenvalue weighted by Gasteiger charge is 2.31. The van der Waals surface area contributed by atoms with Crippen molar-refractivity contribution in [3.05, 3.63) is 36.4 Å². The average molecular weight is 365 g/mol. The molecule has 0 fully saturated rings. The minimum atomic E-state index is -3.99. The number of fused-ring (bicyclic) bond motifs is 1. The number of nitrogens with two attached hydrogens (primary N) is 1. The molecule has 2 rings (SSSR count). The van der Waals surface area contributed by atoms with Gasteiger partial charge in [-0.2, -0.15) is 0 Å². The number of allylic oxidation sites excluding steroid dienone is 1. The van der Waals surface area contributed by atoms with Crippen molar-refractivity contribution in [2.24, 2.45) is 5.73 Å². The molecular formula is C18H27N3O3S. The standard InChI is InChI=1S/C18H27N3O3S/c1-18(19)13-9-5-3-2-4-6-10-14-20-15-11-7-8-12-16(15)25(23,24)21-17(18)22/h5,7-9,11-12,20H,2-4,6,10,13-14,19H2,1H3,(H,21,22)/b9-5-. The van der Waals surface area contributed by atoms with Crippen LogP contribution in [0.4, 0.5) is 5.69 Å². The highest BCUT2D eigenvalue weighted by molar-refractivity contribution is 7.90. The first kappa shape index (κ1) is 19.5. The fraction of sp³-hybridized carbons (Fsp3) is 0.500. The maximum atomic E-state index is 12.6. The lowest BCUT2D eigenvalue weighted by Gasteiger charge is -2.22. The van der Waals surface area contributed by atoms with E-state index in [2.05, 4.69) is 10.0 Å². The minimum Gasteiger partial charge on any atom is -0.384 e. The van der Waals surface area contributed by atoms with Gasteiger partial charge < -0.3 is 11.1 Å². The molecule has 1 heterocycles. The zero-order chi connectivity index (χ0) is 18.3. The Morgan fingerprint density at radius 3 is 2.60 bits per heavy atom. The molecule has 1 atom stereocenters. The van der Waals surface area contributed by atoms with Gasteiger partial charge in [0, 0.05) is 6.54 Å². The molecule has 0 bridgehead atoms. The van der Waals surface area contributed by atoms with Crippen molar-refractivity contribution in [2.45, 2.75) is 55.9 Å². The summed E-state index contributed by atoms with van der Waals surface area (Å²) in [5.74, 6) is -0.709. The van der Waals surface area contributed by atoms with E-state index in [1.54, 1.807) is 18.2 Å². The normalized spacial score (nSPS) is 26.7. The van der Waals surface area contributed by atoms with Crippen LogP contribution in [-0.2, 0) is 14.8 Å². The van der Waals surface area contributed by atoms with Crippen LogP contribution >= 0.6 is 0 Å². The van der Waals surface area contributed by atoms with E-state index < -0.39 is 21.5 Å². The van der Waals surface area contributed by atoms with Gasteiger partial charge in [0.15, 0.2) is 0 Å². The monoisotopic (exact) mass is 365 g/mol. The zero-order valence-corrected chi connectivity index (χ0v) is 15.4.